The number of carbonyl (C=O) groups is 1. The maximum absolute atomic E-state index is 12.7. The number of nitrogens with zero attached hydrogens (tertiary/aromatic N) is 1. The number of amides is 1. The van der Waals surface area contributed by atoms with Crippen LogP contribution in [0.4, 0.5) is 0 Å². The maximum atomic E-state index is 12.7. The third-order valence-corrected chi connectivity index (χ3v) is 4.51. The summed E-state index contributed by atoms with van der Waals surface area (Å²) in [5.74, 6) is 1.86. The molecule has 6 nitrogen and oxygen atoms in total. The number of ether oxygens (including phenoxy) is 3. The number of benzene rings is 2. The van der Waals surface area contributed by atoms with E-state index in [1.54, 1.807) is 50.7 Å². The van der Waals surface area contributed by atoms with Gasteiger partial charge >= 0.3 is 0 Å². The van der Waals surface area contributed by atoms with Crippen LogP contribution >= 0.6 is 15.9 Å². The molecule has 1 N–H and O–H groups in total. The molecule has 0 bridgehead atoms. The fourth-order valence-corrected chi connectivity index (χ4v) is 2.79. The smallest absolute Gasteiger partial charge is 0.257 e. The summed E-state index contributed by atoms with van der Waals surface area (Å²) >= 11 is 3.38. The first-order valence-corrected chi connectivity index (χ1v) is 9.27. The van der Waals surface area contributed by atoms with E-state index in [0.29, 0.717) is 29.4 Å². The van der Waals surface area contributed by atoms with Crippen LogP contribution in [0.3, 0.4) is 0 Å². The summed E-state index contributed by atoms with van der Waals surface area (Å²) in [7, 11) is 3.16. The molecular weight excluding hydrogens is 424 g/mol. The van der Waals surface area contributed by atoms with Crippen LogP contribution in [0.1, 0.15) is 15.9 Å². The Morgan fingerprint density at radius 3 is 2.50 bits per heavy atom. The van der Waals surface area contributed by atoms with Crippen LogP contribution in [0, 0.1) is 0 Å². The Balaban J connectivity index is 1.74. The van der Waals surface area contributed by atoms with Crippen LogP contribution in [0.15, 0.2) is 65.3 Å². The van der Waals surface area contributed by atoms with Gasteiger partial charge in [-0.15, -0.1) is 0 Å². The van der Waals surface area contributed by atoms with E-state index in [-0.39, 0.29) is 11.8 Å². The molecule has 0 atom stereocenters. The molecule has 144 valence electrons. The molecule has 0 unspecified atom stereocenters. The largest absolute Gasteiger partial charge is 0.497 e. The second kappa shape index (κ2) is 9.23. The quantitative estimate of drug-likeness (QED) is 0.579. The topological polar surface area (TPSA) is 69.7 Å². The van der Waals surface area contributed by atoms with E-state index in [2.05, 4.69) is 26.2 Å². The highest BCUT2D eigenvalue weighted by atomic mass is 79.9. The monoisotopic (exact) mass is 442 g/mol. The third-order valence-electron chi connectivity index (χ3n) is 3.98. The summed E-state index contributed by atoms with van der Waals surface area (Å²) in [6.45, 7) is 0.290. The number of halogens is 1. The molecule has 0 radical (unpaired) electrons. The van der Waals surface area contributed by atoms with Gasteiger partial charge in [0.05, 0.1) is 14.2 Å². The molecule has 0 spiro atoms. The van der Waals surface area contributed by atoms with Crippen molar-refractivity contribution in [2.45, 2.75) is 6.54 Å². The fraction of sp³-hybridized carbons (Fsp3) is 0.143. The number of rotatable bonds is 7. The Labute approximate surface area is 171 Å². The predicted octanol–water partition coefficient (Wildman–Crippen LogP) is 4.58. The van der Waals surface area contributed by atoms with Gasteiger partial charge in [0, 0.05) is 28.8 Å². The van der Waals surface area contributed by atoms with Gasteiger partial charge in [0.1, 0.15) is 22.8 Å². The molecule has 2 aromatic carbocycles. The van der Waals surface area contributed by atoms with E-state index in [9.17, 15) is 4.79 Å². The predicted molar refractivity (Wildman–Crippen MR) is 109 cm³/mol. The number of nitrogens with one attached hydrogen (secondary N) is 1. The number of pyridine rings is 1. The average molecular weight is 443 g/mol. The van der Waals surface area contributed by atoms with Crippen molar-refractivity contribution in [3.05, 3.63) is 76.4 Å². The lowest BCUT2D eigenvalue weighted by Crippen LogP contribution is -2.23. The van der Waals surface area contributed by atoms with Gasteiger partial charge in [-0.1, -0.05) is 15.9 Å². The lowest BCUT2D eigenvalue weighted by atomic mass is 10.1. The Hall–Kier alpha value is -3.06. The Bertz CT molecular complexity index is 961. The number of hydrogen-bond acceptors (Lipinski definition) is 5. The summed E-state index contributed by atoms with van der Waals surface area (Å²) in [5, 5.41) is 2.88. The van der Waals surface area contributed by atoms with Crippen LogP contribution in [0.2, 0.25) is 0 Å². The highest BCUT2D eigenvalue weighted by Crippen LogP contribution is 2.26. The molecule has 1 heterocycles. The summed E-state index contributed by atoms with van der Waals surface area (Å²) < 4.78 is 17.3. The molecular formula is C21H19BrN2O4. The van der Waals surface area contributed by atoms with Gasteiger partial charge in [-0.2, -0.15) is 0 Å². The average Bonchev–Trinajstić information content (AvgIpc) is 2.74. The number of carbonyl (C=O) groups excluding carboxylic acids is 1. The van der Waals surface area contributed by atoms with E-state index in [1.807, 2.05) is 24.3 Å². The van der Waals surface area contributed by atoms with Crippen molar-refractivity contribution in [3.8, 4) is 23.1 Å². The van der Waals surface area contributed by atoms with Gasteiger partial charge in [-0.3, -0.25) is 4.79 Å². The van der Waals surface area contributed by atoms with Crippen LogP contribution in [0.25, 0.3) is 0 Å². The van der Waals surface area contributed by atoms with Gasteiger partial charge in [0.25, 0.3) is 5.91 Å². The summed E-state index contributed by atoms with van der Waals surface area (Å²) in [6, 6.07) is 16.1. The minimum atomic E-state index is -0.293. The molecule has 28 heavy (non-hydrogen) atoms. The summed E-state index contributed by atoms with van der Waals surface area (Å²) in [6.07, 6.45) is 1.58. The first-order chi connectivity index (χ1) is 13.6. The summed E-state index contributed by atoms with van der Waals surface area (Å²) in [4.78, 5) is 16.9. The standard InChI is InChI=1S/C21H19BrN2O4/c1-26-17-8-5-14(19(12-17)27-2)13-24-20(25)18-4-3-11-23-21(18)28-16-9-6-15(22)7-10-16/h3-12H,13H2,1-2H3,(H,24,25). The Morgan fingerprint density at radius 2 is 1.79 bits per heavy atom. The lowest BCUT2D eigenvalue weighted by molar-refractivity contribution is 0.0947. The second-order valence-corrected chi connectivity index (χ2v) is 6.69. The number of aromatic nitrogens is 1. The highest BCUT2D eigenvalue weighted by molar-refractivity contribution is 9.10. The van der Waals surface area contributed by atoms with Gasteiger partial charge in [-0.25, -0.2) is 4.98 Å². The van der Waals surface area contributed by atoms with Crippen molar-refractivity contribution in [2.75, 3.05) is 14.2 Å². The first-order valence-electron chi connectivity index (χ1n) is 8.48. The number of methoxy groups -OCH3 is 2. The molecule has 0 saturated heterocycles. The fourth-order valence-electron chi connectivity index (χ4n) is 2.53. The molecule has 0 fully saturated rings. The number of hydrogen-bond donors (Lipinski definition) is 1. The molecule has 3 rings (SSSR count). The molecule has 0 saturated carbocycles. The maximum Gasteiger partial charge on any atom is 0.257 e. The normalized spacial score (nSPS) is 10.2. The second-order valence-electron chi connectivity index (χ2n) is 5.77. The molecule has 0 aliphatic carbocycles. The minimum absolute atomic E-state index is 0.240. The lowest BCUT2D eigenvalue weighted by Gasteiger charge is -2.13. The molecule has 1 aromatic heterocycles. The van der Waals surface area contributed by atoms with Crippen molar-refractivity contribution >= 4 is 21.8 Å². The zero-order valence-corrected chi connectivity index (χ0v) is 17.0. The van der Waals surface area contributed by atoms with Gasteiger partial charge in [0.2, 0.25) is 5.88 Å². The van der Waals surface area contributed by atoms with Crippen LogP contribution < -0.4 is 19.5 Å². The van der Waals surface area contributed by atoms with Crippen LogP contribution in [0.5, 0.6) is 23.1 Å². The van der Waals surface area contributed by atoms with Crippen LogP contribution in [-0.2, 0) is 6.54 Å². The van der Waals surface area contributed by atoms with E-state index in [0.717, 1.165) is 10.0 Å². The zero-order valence-electron chi connectivity index (χ0n) is 15.4. The van der Waals surface area contributed by atoms with Crippen molar-refractivity contribution in [1.29, 1.82) is 0 Å². The van der Waals surface area contributed by atoms with E-state index in [1.165, 1.54) is 0 Å². The Morgan fingerprint density at radius 1 is 1.04 bits per heavy atom. The highest BCUT2D eigenvalue weighted by Gasteiger charge is 2.15. The van der Waals surface area contributed by atoms with Crippen LogP contribution in [-0.4, -0.2) is 25.1 Å². The zero-order chi connectivity index (χ0) is 19.9. The van der Waals surface area contributed by atoms with E-state index in [4.69, 9.17) is 14.2 Å². The van der Waals surface area contributed by atoms with Gasteiger partial charge < -0.3 is 19.5 Å². The Kier molecular flexibility index (Phi) is 6.49. The third kappa shape index (κ3) is 4.80. The van der Waals surface area contributed by atoms with Gasteiger partial charge in [0.15, 0.2) is 0 Å². The van der Waals surface area contributed by atoms with E-state index >= 15 is 0 Å². The summed E-state index contributed by atoms with van der Waals surface area (Å²) in [5.41, 5.74) is 1.17. The first kappa shape index (κ1) is 19.7. The molecule has 3 aromatic rings. The van der Waals surface area contributed by atoms with E-state index < -0.39 is 0 Å². The molecule has 1 amide bonds. The molecule has 7 heteroatoms. The van der Waals surface area contributed by atoms with Gasteiger partial charge in [-0.05, 0) is 48.5 Å². The van der Waals surface area contributed by atoms with Crippen molar-refractivity contribution < 1.29 is 19.0 Å². The minimum Gasteiger partial charge on any atom is -0.497 e. The molecule has 0 aliphatic rings. The van der Waals surface area contributed by atoms with Crippen molar-refractivity contribution in [2.24, 2.45) is 0 Å². The molecule has 0 aliphatic heterocycles. The van der Waals surface area contributed by atoms with Crippen molar-refractivity contribution in [1.82, 2.24) is 10.3 Å². The van der Waals surface area contributed by atoms with Crippen molar-refractivity contribution in [3.63, 3.8) is 0 Å². The SMILES string of the molecule is COc1ccc(CNC(=O)c2cccnc2Oc2ccc(Br)cc2)c(OC)c1.